The molecule has 0 bridgehead atoms. The smallest absolute Gasteiger partial charge is 0.307 e. The molecular formula is C14H18N2O2. The first kappa shape index (κ1) is 14.0. The van der Waals surface area contributed by atoms with E-state index in [1.54, 1.807) is 0 Å². The van der Waals surface area contributed by atoms with Gasteiger partial charge in [-0.25, -0.2) is 0 Å². The predicted octanol–water partition coefficient (Wildman–Crippen LogP) is 2.36. The second-order valence-corrected chi connectivity index (χ2v) is 4.07. The summed E-state index contributed by atoms with van der Waals surface area (Å²) in [6.45, 7) is 2.57. The Bertz CT molecular complexity index is 412. The number of benzene rings is 1. The molecule has 0 amide bonds. The van der Waals surface area contributed by atoms with Gasteiger partial charge < -0.3 is 9.64 Å². The SMILES string of the molecule is COC(=O)CC(C)N(CCC#N)c1ccccc1. The van der Waals surface area contributed by atoms with Gasteiger partial charge in [-0.05, 0) is 19.1 Å². The zero-order valence-corrected chi connectivity index (χ0v) is 10.8. The molecule has 0 aliphatic heterocycles. The van der Waals surface area contributed by atoms with Gasteiger partial charge in [0.1, 0.15) is 0 Å². The summed E-state index contributed by atoms with van der Waals surface area (Å²) in [6, 6.07) is 11.9. The molecule has 18 heavy (non-hydrogen) atoms. The van der Waals surface area contributed by atoms with Crippen molar-refractivity contribution in [1.82, 2.24) is 0 Å². The summed E-state index contributed by atoms with van der Waals surface area (Å²) in [5.41, 5.74) is 1.02. The van der Waals surface area contributed by atoms with Crippen LogP contribution in [0.15, 0.2) is 30.3 Å². The van der Waals surface area contributed by atoms with Crippen molar-refractivity contribution < 1.29 is 9.53 Å². The fourth-order valence-corrected chi connectivity index (χ4v) is 1.83. The summed E-state index contributed by atoms with van der Waals surface area (Å²) in [6.07, 6.45) is 0.747. The van der Waals surface area contributed by atoms with E-state index in [-0.39, 0.29) is 12.0 Å². The average molecular weight is 246 g/mol. The number of methoxy groups -OCH3 is 1. The molecule has 0 aliphatic carbocycles. The third-order valence-corrected chi connectivity index (χ3v) is 2.77. The van der Waals surface area contributed by atoms with Crippen LogP contribution < -0.4 is 4.90 Å². The van der Waals surface area contributed by atoms with E-state index in [2.05, 4.69) is 15.7 Å². The second kappa shape index (κ2) is 7.33. The first-order valence-corrected chi connectivity index (χ1v) is 5.94. The fraction of sp³-hybridized carbons (Fsp3) is 0.429. The predicted molar refractivity (Wildman–Crippen MR) is 70.1 cm³/mol. The quantitative estimate of drug-likeness (QED) is 0.723. The third kappa shape index (κ3) is 4.10. The molecule has 0 spiro atoms. The van der Waals surface area contributed by atoms with Gasteiger partial charge in [0.05, 0.1) is 26.0 Å². The van der Waals surface area contributed by atoms with Crippen molar-refractivity contribution in [3.63, 3.8) is 0 Å². The summed E-state index contributed by atoms with van der Waals surface area (Å²) in [4.78, 5) is 13.4. The highest BCUT2D eigenvalue weighted by molar-refractivity contribution is 5.70. The molecular weight excluding hydrogens is 228 g/mol. The van der Waals surface area contributed by atoms with Crippen LogP contribution in [0.2, 0.25) is 0 Å². The van der Waals surface area contributed by atoms with E-state index in [1.165, 1.54) is 7.11 Å². The Morgan fingerprint density at radius 2 is 2.11 bits per heavy atom. The lowest BCUT2D eigenvalue weighted by atomic mass is 10.1. The van der Waals surface area contributed by atoms with Crippen LogP contribution in [-0.2, 0) is 9.53 Å². The molecule has 1 atom stereocenters. The summed E-state index contributed by atoms with van der Waals surface area (Å²) >= 11 is 0. The molecule has 0 saturated heterocycles. The summed E-state index contributed by atoms with van der Waals surface area (Å²) in [5, 5.41) is 8.70. The van der Waals surface area contributed by atoms with Gasteiger partial charge in [0.2, 0.25) is 0 Å². The number of hydrogen-bond donors (Lipinski definition) is 0. The van der Waals surface area contributed by atoms with Crippen LogP contribution in [-0.4, -0.2) is 25.7 Å². The number of nitrogens with zero attached hydrogens (tertiary/aromatic N) is 2. The highest BCUT2D eigenvalue weighted by Gasteiger charge is 2.17. The normalized spacial score (nSPS) is 11.4. The van der Waals surface area contributed by atoms with Crippen LogP contribution >= 0.6 is 0 Å². The van der Waals surface area contributed by atoms with Crippen LogP contribution in [0, 0.1) is 11.3 Å². The van der Waals surface area contributed by atoms with Crippen LogP contribution in [0.1, 0.15) is 19.8 Å². The van der Waals surface area contributed by atoms with Crippen molar-refractivity contribution in [2.75, 3.05) is 18.6 Å². The standard InChI is InChI=1S/C14H18N2O2/c1-12(11-14(17)18-2)16(10-6-9-15)13-7-4-3-5-8-13/h3-5,7-8,12H,6,10-11H2,1-2H3. The lowest BCUT2D eigenvalue weighted by Crippen LogP contribution is -2.35. The van der Waals surface area contributed by atoms with Crippen molar-refractivity contribution in [2.45, 2.75) is 25.8 Å². The van der Waals surface area contributed by atoms with Gasteiger partial charge >= 0.3 is 5.97 Å². The number of nitriles is 1. The maximum Gasteiger partial charge on any atom is 0.307 e. The molecule has 1 unspecified atom stereocenters. The molecule has 96 valence electrons. The lowest BCUT2D eigenvalue weighted by Gasteiger charge is -2.30. The Hall–Kier alpha value is -2.02. The van der Waals surface area contributed by atoms with Crippen LogP contribution in [0.4, 0.5) is 5.69 Å². The molecule has 0 heterocycles. The topological polar surface area (TPSA) is 53.3 Å². The van der Waals surface area contributed by atoms with E-state index >= 15 is 0 Å². The number of rotatable bonds is 6. The van der Waals surface area contributed by atoms with Crippen molar-refractivity contribution in [1.29, 1.82) is 5.26 Å². The van der Waals surface area contributed by atoms with Crippen molar-refractivity contribution in [3.05, 3.63) is 30.3 Å². The van der Waals surface area contributed by atoms with E-state index in [0.717, 1.165) is 5.69 Å². The van der Waals surface area contributed by atoms with E-state index in [4.69, 9.17) is 5.26 Å². The minimum Gasteiger partial charge on any atom is -0.469 e. The summed E-state index contributed by atoms with van der Waals surface area (Å²) < 4.78 is 4.68. The van der Waals surface area contributed by atoms with Crippen molar-refractivity contribution in [3.8, 4) is 6.07 Å². The minimum atomic E-state index is -0.236. The van der Waals surface area contributed by atoms with Crippen LogP contribution in [0.25, 0.3) is 0 Å². The number of esters is 1. The molecule has 1 aromatic carbocycles. The molecule has 4 nitrogen and oxygen atoms in total. The summed E-state index contributed by atoms with van der Waals surface area (Å²) in [5.74, 6) is -0.236. The molecule has 0 fully saturated rings. The monoisotopic (exact) mass is 246 g/mol. The van der Waals surface area contributed by atoms with Gasteiger partial charge in [0, 0.05) is 18.3 Å². The highest BCUT2D eigenvalue weighted by Crippen LogP contribution is 2.18. The zero-order valence-electron chi connectivity index (χ0n) is 10.8. The third-order valence-electron chi connectivity index (χ3n) is 2.77. The average Bonchev–Trinajstić information content (AvgIpc) is 2.40. The molecule has 0 saturated carbocycles. The number of anilines is 1. The molecule has 4 heteroatoms. The first-order valence-electron chi connectivity index (χ1n) is 5.94. The largest absolute Gasteiger partial charge is 0.469 e. The minimum absolute atomic E-state index is 0.00759. The Morgan fingerprint density at radius 1 is 1.44 bits per heavy atom. The van der Waals surface area contributed by atoms with E-state index in [9.17, 15) is 4.79 Å². The fourth-order valence-electron chi connectivity index (χ4n) is 1.83. The number of para-hydroxylation sites is 1. The zero-order chi connectivity index (χ0) is 13.4. The number of hydrogen-bond acceptors (Lipinski definition) is 4. The number of ether oxygens (including phenoxy) is 1. The maximum absolute atomic E-state index is 11.3. The first-order chi connectivity index (χ1) is 8.69. The van der Waals surface area contributed by atoms with E-state index in [0.29, 0.717) is 19.4 Å². The molecule has 0 aliphatic rings. The number of carbonyl (C=O) groups excluding carboxylic acids is 1. The van der Waals surface area contributed by atoms with E-state index in [1.807, 2.05) is 37.3 Å². The number of carbonyl (C=O) groups is 1. The second-order valence-electron chi connectivity index (χ2n) is 4.07. The Labute approximate surface area is 108 Å². The molecule has 0 N–H and O–H groups in total. The lowest BCUT2D eigenvalue weighted by molar-refractivity contribution is -0.140. The van der Waals surface area contributed by atoms with Crippen LogP contribution in [0.3, 0.4) is 0 Å². The van der Waals surface area contributed by atoms with Gasteiger partial charge in [0.15, 0.2) is 0 Å². The Balaban J connectivity index is 2.78. The molecule has 1 rings (SSSR count). The molecule has 1 aromatic rings. The van der Waals surface area contributed by atoms with E-state index < -0.39 is 0 Å². The molecule has 0 aromatic heterocycles. The van der Waals surface area contributed by atoms with Crippen molar-refractivity contribution >= 4 is 11.7 Å². The Morgan fingerprint density at radius 3 is 2.67 bits per heavy atom. The summed E-state index contributed by atoms with van der Waals surface area (Å²) in [7, 11) is 1.39. The Kier molecular flexibility index (Phi) is 5.72. The van der Waals surface area contributed by atoms with Gasteiger partial charge in [-0.3, -0.25) is 4.79 Å². The van der Waals surface area contributed by atoms with Gasteiger partial charge in [0.25, 0.3) is 0 Å². The van der Waals surface area contributed by atoms with Crippen molar-refractivity contribution in [2.24, 2.45) is 0 Å². The highest BCUT2D eigenvalue weighted by atomic mass is 16.5. The van der Waals surface area contributed by atoms with Gasteiger partial charge in [-0.2, -0.15) is 5.26 Å². The maximum atomic E-state index is 11.3. The molecule has 0 radical (unpaired) electrons. The van der Waals surface area contributed by atoms with Crippen LogP contribution in [0.5, 0.6) is 0 Å². The van der Waals surface area contributed by atoms with Gasteiger partial charge in [-0.1, -0.05) is 18.2 Å². The van der Waals surface area contributed by atoms with Gasteiger partial charge in [-0.15, -0.1) is 0 Å².